The van der Waals surface area contributed by atoms with Crippen LogP contribution < -0.4 is 5.73 Å². The Morgan fingerprint density at radius 3 is 1.73 bits per heavy atom. The van der Waals surface area contributed by atoms with Gasteiger partial charge in [-0.2, -0.15) is 0 Å². The Kier molecular flexibility index (Phi) is 6.63. The molecule has 2 atom stereocenters. The second kappa shape index (κ2) is 8.72. The Bertz CT molecular complexity index is 482. The standard InChI is InChI=1S/C20H28N2/c1-3-17(2)20(21)16-22(14-18-10-6-4-7-11-18)15-19-12-8-5-9-13-19/h4-13,17,20H,3,14-16,21H2,1-2H3/t17-,20+/m0/s1. The van der Waals surface area contributed by atoms with Crippen LogP contribution in [0.2, 0.25) is 0 Å². The van der Waals surface area contributed by atoms with Gasteiger partial charge >= 0.3 is 0 Å². The van der Waals surface area contributed by atoms with Crippen molar-refractivity contribution in [3.05, 3.63) is 71.8 Å². The van der Waals surface area contributed by atoms with Gasteiger partial charge in [-0.25, -0.2) is 0 Å². The molecule has 2 nitrogen and oxygen atoms in total. The molecule has 22 heavy (non-hydrogen) atoms. The zero-order valence-corrected chi connectivity index (χ0v) is 13.8. The first-order chi connectivity index (χ1) is 10.7. The van der Waals surface area contributed by atoms with Crippen LogP contribution in [-0.2, 0) is 13.1 Å². The highest BCUT2D eigenvalue weighted by molar-refractivity contribution is 5.17. The van der Waals surface area contributed by atoms with Crippen LogP contribution in [0.25, 0.3) is 0 Å². The van der Waals surface area contributed by atoms with Gasteiger partial charge in [0.15, 0.2) is 0 Å². The summed E-state index contributed by atoms with van der Waals surface area (Å²) in [6, 6.07) is 21.5. The van der Waals surface area contributed by atoms with Crippen molar-refractivity contribution in [3.8, 4) is 0 Å². The number of hydrogen-bond donors (Lipinski definition) is 1. The number of nitrogens with zero attached hydrogens (tertiary/aromatic N) is 1. The molecule has 2 aromatic carbocycles. The van der Waals surface area contributed by atoms with E-state index in [0.717, 1.165) is 26.1 Å². The number of benzene rings is 2. The molecule has 0 saturated carbocycles. The topological polar surface area (TPSA) is 29.3 Å². The van der Waals surface area contributed by atoms with E-state index >= 15 is 0 Å². The molecule has 2 rings (SSSR count). The lowest BCUT2D eigenvalue weighted by molar-refractivity contribution is 0.216. The molecule has 0 spiro atoms. The van der Waals surface area contributed by atoms with E-state index in [9.17, 15) is 0 Å². The molecule has 0 aliphatic heterocycles. The molecule has 0 heterocycles. The summed E-state index contributed by atoms with van der Waals surface area (Å²) in [5.41, 5.74) is 9.08. The minimum atomic E-state index is 0.220. The maximum Gasteiger partial charge on any atom is 0.0237 e. The first-order valence-electron chi connectivity index (χ1n) is 8.24. The molecule has 0 aromatic heterocycles. The van der Waals surface area contributed by atoms with E-state index in [1.165, 1.54) is 11.1 Å². The molecule has 0 unspecified atom stereocenters. The molecule has 0 radical (unpaired) electrons. The van der Waals surface area contributed by atoms with Crippen LogP contribution in [0, 0.1) is 5.92 Å². The fourth-order valence-electron chi connectivity index (χ4n) is 2.65. The fourth-order valence-corrected chi connectivity index (χ4v) is 2.65. The minimum Gasteiger partial charge on any atom is -0.326 e. The molecule has 118 valence electrons. The molecule has 0 fully saturated rings. The normalized spacial score (nSPS) is 14.0. The summed E-state index contributed by atoms with van der Waals surface area (Å²) >= 11 is 0. The second-order valence-electron chi connectivity index (χ2n) is 6.19. The third kappa shape index (κ3) is 5.28. The zero-order valence-electron chi connectivity index (χ0n) is 13.8. The van der Waals surface area contributed by atoms with Crippen LogP contribution >= 0.6 is 0 Å². The van der Waals surface area contributed by atoms with Gasteiger partial charge in [0.2, 0.25) is 0 Å². The van der Waals surface area contributed by atoms with Crippen LogP contribution in [0.15, 0.2) is 60.7 Å². The van der Waals surface area contributed by atoms with Crippen molar-refractivity contribution in [1.82, 2.24) is 4.90 Å². The number of rotatable bonds is 8. The Morgan fingerprint density at radius 1 is 0.864 bits per heavy atom. The molecule has 2 aromatic rings. The van der Waals surface area contributed by atoms with Gasteiger partial charge in [-0.3, -0.25) is 4.90 Å². The van der Waals surface area contributed by atoms with E-state index in [-0.39, 0.29) is 6.04 Å². The van der Waals surface area contributed by atoms with Crippen molar-refractivity contribution < 1.29 is 0 Å². The Balaban J connectivity index is 2.06. The molecule has 0 amide bonds. The summed E-state index contributed by atoms with van der Waals surface area (Å²) in [4.78, 5) is 2.46. The Morgan fingerprint density at radius 2 is 1.32 bits per heavy atom. The van der Waals surface area contributed by atoms with Crippen molar-refractivity contribution in [3.63, 3.8) is 0 Å². The van der Waals surface area contributed by atoms with Gasteiger partial charge in [0, 0.05) is 25.7 Å². The summed E-state index contributed by atoms with van der Waals surface area (Å²) in [7, 11) is 0. The van der Waals surface area contributed by atoms with Crippen molar-refractivity contribution in [2.24, 2.45) is 11.7 Å². The van der Waals surface area contributed by atoms with Crippen LogP contribution in [0.3, 0.4) is 0 Å². The van der Waals surface area contributed by atoms with E-state index in [1.54, 1.807) is 0 Å². The average Bonchev–Trinajstić information content (AvgIpc) is 2.55. The summed E-state index contributed by atoms with van der Waals surface area (Å²) in [6.07, 6.45) is 1.13. The maximum absolute atomic E-state index is 6.39. The summed E-state index contributed by atoms with van der Waals surface area (Å²) in [5.74, 6) is 0.550. The van der Waals surface area contributed by atoms with Crippen LogP contribution in [0.1, 0.15) is 31.4 Å². The van der Waals surface area contributed by atoms with Gasteiger partial charge in [-0.05, 0) is 17.0 Å². The highest BCUT2D eigenvalue weighted by Crippen LogP contribution is 2.13. The van der Waals surface area contributed by atoms with Crippen LogP contribution in [-0.4, -0.2) is 17.5 Å². The smallest absolute Gasteiger partial charge is 0.0237 e. The van der Waals surface area contributed by atoms with Crippen molar-refractivity contribution in [1.29, 1.82) is 0 Å². The van der Waals surface area contributed by atoms with Gasteiger partial charge in [0.05, 0.1) is 0 Å². The van der Waals surface area contributed by atoms with Gasteiger partial charge in [-0.1, -0.05) is 80.9 Å². The zero-order chi connectivity index (χ0) is 15.8. The van der Waals surface area contributed by atoms with E-state index in [1.807, 2.05) is 0 Å². The quantitative estimate of drug-likeness (QED) is 0.796. The summed E-state index contributed by atoms with van der Waals surface area (Å²) < 4.78 is 0. The summed E-state index contributed by atoms with van der Waals surface area (Å²) in [6.45, 7) is 7.27. The van der Waals surface area contributed by atoms with Crippen molar-refractivity contribution in [2.45, 2.75) is 39.4 Å². The average molecular weight is 296 g/mol. The molecule has 2 N–H and O–H groups in total. The lowest BCUT2D eigenvalue weighted by Gasteiger charge is -2.28. The number of hydrogen-bond acceptors (Lipinski definition) is 2. The third-order valence-corrected chi connectivity index (χ3v) is 4.34. The highest BCUT2D eigenvalue weighted by atomic mass is 15.1. The predicted octanol–water partition coefficient (Wildman–Crippen LogP) is 4.06. The summed E-state index contributed by atoms with van der Waals surface area (Å²) in [5, 5.41) is 0. The molecular weight excluding hydrogens is 268 g/mol. The van der Waals surface area contributed by atoms with Crippen molar-refractivity contribution in [2.75, 3.05) is 6.54 Å². The van der Waals surface area contributed by atoms with E-state index in [0.29, 0.717) is 5.92 Å². The largest absolute Gasteiger partial charge is 0.326 e. The Labute approximate surface area is 135 Å². The predicted molar refractivity (Wildman–Crippen MR) is 94.4 cm³/mol. The van der Waals surface area contributed by atoms with Crippen LogP contribution in [0.4, 0.5) is 0 Å². The first kappa shape index (κ1) is 16.7. The number of nitrogens with two attached hydrogens (primary N) is 1. The van der Waals surface area contributed by atoms with Gasteiger partial charge < -0.3 is 5.73 Å². The van der Waals surface area contributed by atoms with Crippen LogP contribution in [0.5, 0.6) is 0 Å². The minimum absolute atomic E-state index is 0.220. The van der Waals surface area contributed by atoms with Gasteiger partial charge in [-0.15, -0.1) is 0 Å². The van der Waals surface area contributed by atoms with E-state index in [4.69, 9.17) is 5.73 Å². The molecule has 0 aliphatic rings. The third-order valence-electron chi connectivity index (χ3n) is 4.34. The lowest BCUT2D eigenvalue weighted by atomic mass is 9.99. The van der Waals surface area contributed by atoms with Gasteiger partial charge in [0.1, 0.15) is 0 Å². The van der Waals surface area contributed by atoms with Gasteiger partial charge in [0.25, 0.3) is 0 Å². The molecule has 0 bridgehead atoms. The molecule has 0 saturated heterocycles. The van der Waals surface area contributed by atoms with E-state index in [2.05, 4.69) is 79.4 Å². The Hall–Kier alpha value is -1.64. The highest BCUT2D eigenvalue weighted by Gasteiger charge is 2.16. The second-order valence-corrected chi connectivity index (χ2v) is 6.19. The molecular formula is C20H28N2. The monoisotopic (exact) mass is 296 g/mol. The molecule has 2 heteroatoms. The first-order valence-corrected chi connectivity index (χ1v) is 8.24. The van der Waals surface area contributed by atoms with E-state index < -0.39 is 0 Å². The fraction of sp³-hybridized carbons (Fsp3) is 0.400. The van der Waals surface area contributed by atoms with Crippen molar-refractivity contribution >= 4 is 0 Å². The lowest BCUT2D eigenvalue weighted by Crippen LogP contribution is -2.40. The maximum atomic E-state index is 6.39. The molecule has 0 aliphatic carbocycles. The SMILES string of the molecule is CC[C@H](C)[C@H](N)CN(Cc1ccccc1)Cc1ccccc1.